The molecular formula is C26H30N6O2. The number of rotatable bonds is 6. The van der Waals surface area contributed by atoms with Gasteiger partial charge in [-0.15, -0.1) is 15.3 Å². The molecule has 0 radical (unpaired) electrons. The molecule has 8 heteroatoms. The van der Waals surface area contributed by atoms with Crippen molar-refractivity contribution < 1.29 is 9.84 Å². The molecule has 6 rings (SSSR count). The first-order valence-corrected chi connectivity index (χ1v) is 12.2. The third-order valence-corrected chi connectivity index (χ3v) is 7.86. The average molecular weight is 459 g/mol. The van der Waals surface area contributed by atoms with Crippen LogP contribution in [0.2, 0.25) is 0 Å². The maximum absolute atomic E-state index is 10.7. The highest BCUT2D eigenvalue weighted by Gasteiger charge is 2.48. The number of nitrogens with zero attached hydrogens (tertiary/aromatic N) is 5. The summed E-state index contributed by atoms with van der Waals surface area (Å²) in [5.74, 6) is 1.46. The molecular weight excluding hydrogens is 428 g/mol. The highest BCUT2D eigenvalue weighted by atomic mass is 16.5. The molecule has 0 bridgehead atoms. The summed E-state index contributed by atoms with van der Waals surface area (Å²) in [6, 6.07) is 12.4. The van der Waals surface area contributed by atoms with Crippen molar-refractivity contribution in [3.05, 3.63) is 42.6 Å². The number of benzene rings is 1. The zero-order chi connectivity index (χ0) is 23.1. The quantitative estimate of drug-likeness (QED) is 0.576. The van der Waals surface area contributed by atoms with Crippen LogP contribution in [0.3, 0.4) is 0 Å². The number of aromatic nitrogens is 4. The summed E-state index contributed by atoms with van der Waals surface area (Å²) in [7, 11) is 1.55. The van der Waals surface area contributed by atoms with Gasteiger partial charge in [0.05, 0.1) is 19.0 Å². The molecule has 3 heterocycles. The lowest BCUT2D eigenvalue weighted by atomic mass is 9.54. The van der Waals surface area contributed by atoms with Gasteiger partial charge in [0.1, 0.15) is 5.75 Å². The van der Waals surface area contributed by atoms with Gasteiger partial charge in [0, 0.05) is 42.4 Å². The minimum absolute atomic E-state index is 0.144. The summed E-state index contributed by atoms with van der Waals surface area (Å²) in [5, 5.41) is 31.3. The van der Waals surface area contributed by atoms with Gasteiger partial charge >= 0.3 is 0 Å². The molecule has 3 fully saturated rings. The molecule has 1 atom stereocenters. The summed E-state index contributed by atoms with van der Waals surface area (Å²) < 4.78 is 5.14. The highest BCUT2D eigenvalue weighted by Crippen LogP contribution is 2.55. The van der Waals surface area contributed by atoms with Crippen LogP contribution in [0.25, 0.3) is 22.4 Å². The van der Waals surface area contributed by atoms with Crippen molar-refractivity contribution in [2.75, 3.05) is 25.1 Å². The van der Waals surface area contributed by atoms with Gasteiger partial charge in [-0.2, -0.15) is 5.10 Å². The van der Waals surface area contributed by atoms with Crippen molar-refractivity contribution in [1.82, 2.24) is 25.7 Å². The molecule has 1 aromatic carbocycles. The maximum Gasteiger partial charge on any atom is 0.233 e. The van der Waals surface area contributed by atoms with E-state index in [-0.39, 0.29) is 5.75 Å². The van der Waals surface area contributed by atoms with Crippen LogP contribution in [-0.2, 0) is 0 Å². The van der Waals surface area contributed by atoms with E-state index in [9.17, 15) is 5.11 Å². The topological polar surface area (TPSA) is 96.3 Å². The molecule has 176 valence electrons. The number of phenols is 1. The Morgan fingerprint density at radius 1 is 1.03 bits per heavy atom. The fourth-order valence-electron chi connectivity index (χ4n) is 5.80. The number of hydrogen-bond donors (Lipinski definition) is 2. The van der Waals surface area contributed by atoms with Crippen molar-refractivity contribution in [3.63, 3.8) is 0 Å². The number of anilines is 1. The Morgan fingerprint density at radius 2 is 1.91 bits per heavy atom. The molecule has 8 nitrogen and oxygen atoms in total. The highest BCUT2D eigenvalue weighted by molar-refractivity contribution is 5.74. The summed E-state index contributed by atoms with van der Waals surface area (Å²) in [6.45, 7) is 1.97. The monoisotopic (exact) mass is 458 g/mol. The number of ether oxygens (including phenoxy) is 1. The van der Waals surface area contributed by atoms with Crippen LogP contribution in [-0.4, -0.2) is 57.8 Å². The largest absolute Gasteiger partial charge is 0.507 e. The molecule has 2 aromatic heterocycles. The van der Waals surface area contributed by atoms with Gasteiger partial charge in [0.15, 0.2) is 5.82 Å². The molecule has 2 saturated carbocycles. The van der Waals surface area contributed by atoms with Crippen LogP contribution in [0, 0.1) is 5.41 Å². The fraction of sp³-hybridized carbons (Fsp3) is 0.462. The summed E-state index contributed by atoms with van der Waals surface area (Å²) in [5.41, 5.74) is 3.64. The Balaban J connectivity index is 1.10. The number of hydrogen-bond acceptors (Lipinski definition) is 8. The van der Waals surface area contributed by atoms with E-state index in [1.165, 1.54) is 32.1 Å². The van der Waals surface area contributed by atoms with Crippen LogP contribution in [0.1, 0.15) is 38.5 Å². The van der Waals surface area contributed by atoms with E-state index in [1.807, 2.05) is 24.3 Å². The Hall–Kier alpha value is -3.26. The Morgan fingerprint density at radius 3 is 2.62 bits per heavy atom. The minimum Gasteiger partial charge on any atom is -0.507 e. The van der Waals surface area contributed by atoms with Crippen LogP contribution < -0.4 is 15.0 Å². The predicted octanol–water partition coefficient (Wildman–Crippen LogP) is 3.82. The van der Waals surface area contributed by atoms with E-state index in [2.05, 4.69) is 30.6 Å². The van der Waals surface area contributed by atoms with Crippen molar-refractivity contribution in [2.24, 2.45) is 5.41 Å². The van der Waals surface area contributed by atoms with Crippen molar-refractivity contribution >= 4 is 5.82 Å². The lowest BCUT2D eigenvalue weighted by molar-refractivity contribution is -0.00527. The maximum atomic E-state index is 10.7. The van der Waals surface area contributed by atoms with Crippen molar-refractivity contribution in [1.29, 1.82) is 0 Å². The number of nitrogens with one attached hydrogen (secondary N) is 1. The van der Waals surface area contributed by atoms with E-state index in [4.69, 9.17) is 4.74 Å². The molecule has 3 aromatic rings. The fourth-order valence-corrected chi connectivity index (χ4v) is 5.80. The van der Waals surface area contributed by atoms with Crippen LogP contribution in [0.5, 0.6) is 11.6 Å². The van der Waals surface area contributed by atoms with Gasteiger partial charge in [-0.1, -0.05) is 12.5 Å². The second-order valence-corrected chi connectivity index (χ2v) is 10.1. The van der Waals surface area contributed by atoms with Crippen molar-refractivity contribution in [2.45, 2.75) is 50.6 Å². The van der Waals surface area contributed by atoms with E-state index in [0.717, 1.165) is 36.5 Å². The Labute approximate surface area is 199 Å². The molecule has 2 N–H and O–H groups in total. The van der Waals surface area contributed by atoms with Gasteiger partial charge < -0.3 is 20.1 Å². The standard InChI is InChI=1S/C26H30N6O2/c1-34-25-12-18(15-27-31-25)17-3-4-21(23(33)11-17)22-5-6-24(30-29-22)32-10-7-19(16-32)28-20-13-26(14-20)8-2-9-26/h3-6,11-12,15,19-20,28,33H,2,7-10,13-14,16H2,1H3. The Bertz CT molecular complexity index is 1170. The van der Waals surface area contributed by atoms with Crippen molar-refractivity contribution in [3.8, 4) is 34.0 Å². The molecule has 1 unspecified atom stereocenters. The first-order valence-electron chi connectivity index (χ1n) is 12.2. The average Bonchev–Trinajstić information content (AvgIpc) is 3.29. The number of aromatic hydroxyl groups is 1. The third kappa shape index (κ3) is 3.96. The molecule has 0 amide bonds. The predicted molar refractivity (Wildman–Crippen MR) is 130 cm³/mol. The zero-order valence-electron chi connectivity index (χ0n) is 19.4. The molecule has 1 saturated heterocycles. The molecule has 2 aliphatic carbocycles. The lowest BCUT2D eigenvalue weighted by Crippen LogP contribution is -2.55. The smallest absolute Gasteiger partial charge is 0.233 e. The molecule has 1 spiro atoms. The van der Waals surface area contributed by atoms with Crippen LogP contribution in [0.15, 0.2) is 42.6 Å². The third-order valence-electron chi connectivity index (χ3n) is 7.86. The Kier molecular flexibility index (Phi) is 5.32. The molecule has 34 heavy (non-hydrogen) atoms. The summed E-state index contributed by atoms with van der Waals surface area (Å²) >= 11 is 0. The van der Waals surface area contributed by atoms with Gasteiger partial charge in [-0.05, 0) is 67.3 Å². The minimum atomic E-state index is 0.144. The zero-order valence-corrected chi connectivity index (χ0v) is 19.4. The summed E-state index contributed by atoms with van der Waals surface area (Å²) in [6.07, 6.45) is 9.83. The van der Waals surface area contributed by atoms with E-state index in [0.29, 0.717) is 34.6 Å². The van der Waals surface area contributed by atoms with Gasteiger partial charge in [-0.3, -0.25) is 0 Å². The van der Waals surface area contributed by atoms with Gasteiger partial charge in [0.2, 0.25) is 5.88 Å². The van der Waals surface area contributed by atoms with Crippen LogP contribution in [0.4, 0.5) is 5.82 Å². The normalized spacial score (nSPS) is 21.3. The molecule has 3 aliphatic rings. The second kappa shape index (κ2) is 8.51. The summed E-state index contributed by atoms with van der Waals surface area (Å²) in [4.78, 5) is 2.30. The SMILES string of the molecule is COc1cc(-c2ccc(-c3ccc(N4CCC(NC5CC6(CCC6)C5)C4)nn3)c(O)c2)cnn1. The number of phenolic OH excluding ortho intramolecular Hbond substituents is 1. The van der Waals surface area contributed by atoms with E-state index < -0.39 is 0 Å². The lowest BCUT2D eigenvalue weighted by Gasteiger charge is -2.55. The van der Waals surface area contributed by atoms with E-state index >= 15 is 0 Å². The van der Waals surface area contributed by atoms with Crippen LogP contribution >= 0.6 is 0 Å². The van der Waals surface area contributed by atoms with Gasteiger partial charge in [0.25, 0.3) is 0 Å². The molecule has 1 aliphatic heterocycles. The first kappa shape index (κ1) is 21.3. The number of methoxy groups -OCH3 is 1. The first-order chi connectivity index (χ1) is 16.6. The van der Waals surface area contributed by atoms with Gasteiger partial charge in [-0.25, -0.2) is 0 Å². The second-order valence-electron chi connectivity index (χ2n) is 10.1. The van der Waals surface area contributed by atoms with E-state index in [1.54, 1.807) is 25.4 Å².